The normalized spacial score (nSPS) is 24.0. The number of carboxylic acid groups (broad SMARTS) is 1. The molecule has 2 aromatic carbocycles. The molecule has 7 heteroatoms. The minimum atomic E-state index is -3.22. The van der Waals surface area contributed by atoms with Gasteiger partial charge in [-0.05, 0) is 60.2 Å². The van der Waals surface area contributed by atoms with Crippen molar-refractivity contribution in [2.75, 3.05) is 0 Å². The van der Waals surface area contributed by atoms with Crippen molar-refractivity contribution in [2.45, 2.75) is 92.4 Å². The molecule has 3 rings (SSSR count). The second-order valence-corrected chi connectivity index (χ2v) is 17.8. The fourth-order valence-corrected chi connectivity index (χ4v) is 11.1. The van der Waals surface area contributed by atoms with Crippen molar-refractivity contribution in [2.24, 2.45) is 17.8 Å². The third kappa shape index (κ3) is 8.00. The van der Waals surface area contributed by atoms with Gasteiger partial charge in [0.05, 0.1) is 17.9 Å². The molecule has 242 valence electrons. The van der Waals surface area contributed by atoms with E-state index in [1.54, 1.807) is 13.0 Å². The summed E-state index contributed by atoms with van der Waals surface area (Å²) in [6, 6.07) is 20.3. The number of ketones is 1. The van der Waals surface area contributed by atoms with Crippen molar-refractivity contribution in [3.8, 4) is 0 Å². The van der Waals surface area contributed by atoms with Gasteiger partial charge in [-0.3, -0.25) is 9.59 Å². The summed E-state index contributed by atoms with van der Waals surface area (Å²) in [4.78, 5) is 40.3. The van der Waals surface area contributed by atoms with Gasteiger partial charge in [0.2, 0.25) is 0 Å². The lowest BCUT2D eigenvalue weighted by atomic mass is 9.75. The third-order valence-corrected chi connectivity index (χ3v) is 14.1. The predicted molar refractivity (Wildman–Crippen MR) is 183 cm³/mol. The fraction of sp³-hybridized carbons (Fsp3) is 0.447. The van der Waals surface area contributed by atoms with E-state index in [0.717, 1.165) is 21.5 Å². The standard InChI is InChI=1S/C38H50O6Si/c1-10-26(4)32-24-22-27(5)35(34(33(25(2)3)36(40)41)31(39)23-21-28(6)37(42)43-32)44-45(38(7,8)9,29-17-13-11-14-18-29)30-19-15-12-16-20-30/h10-22,25,32-35H,23-24H2,1-9H3,(H,40,41)/b26-10-,27-22+,28-21-/t32-,33?,34+,35+/m1/s1. The number of carboxylic acids is 1. The average Bonchev–Trinajstić information content (AvgIpc) is 3.00. The summed E-state index contributed by atoms with van der Waals surface area (Å²) >= 11 is 0. The van der Waals surface area contributed by atoms with E-state index in [2.05, 4.69) is 45.0 Å². The molecule has 2 aromatic rings. The number of benzene rings is 2. The first-order valence-corrected chi connectivity index (χ1v) is 17.8. The Bertz CT molecular complexity index is 1390. The molecule has 1 aliphatic heterocycles. The molecule has 0 radical (unpaired) electrons. The first-order chi connectivity index (χ1) is 21.1. The Morgan fingerprint density at radius 2 is 1.51 bits per heavy atom. The monoisotopic (exact) mass is 630 g/mol. The lowest BCUT2D eigenvalue weighted by Gasteiger charge is -2.47. The van der Waals surface area contributed by atoms with Gasteiger partial charge in [-0.1, -0.05) is 114 Å². The van der Waals surface area contributed by atoms with Crippen LogP contribution in [0.5, 0.6) is 0 Å². The SMILES string of the molecule is C/C=C(/C)[C@H]1C/C=C(\C)[C@H](O[Si](c2ccccc2)(c2ccccc2)C(C)(C)C)[C@H](C(C(=O)O)C(C)C)C(=O)C/C=C(/C)C(=O)O1. The van der Waals surface area contributed by atoms with E-state index in [-0.39, 0.29) is 18.1 Å². The van der Waals surface area contributed by atoms with Crippen LogP contribution in [0.1, 0.15) is 75.2 Å². The van der Waals surface area contributed by atoms with Crippen LogP contribution in [-0.2, 0) is 23.5 Å². The zero-order chi connectivity index (χ0) is 33.5. The van der Waals surface area contributed by atoms with E-state index < -0.39 is 49.3 Å². The molecule has 0 bridgehead atoms. The molecule has 0 fully saturated rings. The average molecular weight is 631 g/mol. The zero-order valence-electron chi connectivity index (χ0n) is 28.3. The maximum absolute atomic E-state index is 14.4. The number of carbonyl (C=O) groups is 3. The molecule has 6 nitrogen and oxygen atoms in total. The van der Waals surface area contributed by atoms with Gasteiger partial charge in [-0.2, -0.15) is 0 Å². The number of hydrogen-bond acceptors (Lipinski definition) is 5. The van der Waals surface area contributed by atoms with Gasteiger partial charge in [0.15, 0.2) is 0 Å². The maximum atomic E-state index is 14.4. The first kappa shape index (κ1) is 35.9. The Kier molecular flexibility index (Phi) is 12.1. The number of Topliss-reactive ketones (excluding diaryl/α,β-unsaturated/α-hetero) is 1. The molecule has 0 aromatic heterocycles. The Labute approximate surface area is 270 Å². The van der Waals surface area contributed by atoms with Gasteiger partial charge in [-0.15, -0.1) is 0 Å². The zero-order valence-corrected chi connectivity index (χ0v) is 29.3. The molecule has 0 saturated carbocycles. The van der Waals surface area contributed by atoms with Gasteiger partial charge < -0.3 is 14.3 Å². The highest BCUT2D eigenvalue weighted by Gasteiger charge is 2.54. The summed E-state index contributed by atoms with van der Waals surface area (Å²) in [5, 5.41) is 12.3. The fourth-order valence-electron chi connectivity index (χ4n) is 6.36. The molecular formula is C38H50O6Si. The van der Waals surface area contributed by atoms with Crippen LogP contribution in [0.2, 0.25) is 5.04 Å². The molecule has 0 amide bonds. The number of aliphatic carboxylic acids is 1. The van der Waals surface area contributed by atoms with Crippen molar-refractivity contribution in [3.05, 3.63) is 95.6 Å². The van der Waals surface area contributed by atoms with E-state index in [1.807, 2.05) is 83.2 Å². The highest BCUT2D eigenvalue weighted by atomic mass is 28.4. The molecule has 0 aliphatic carbocycles. The number of carbonyl (C=O) groups excluding carboxylic acids is 2. The van der Waals surface area contributed by atoms with Gasteiger partial charge in [-0.25, -0.2) is 4.79 Å². The van der Waals surface area contributed by atoms with Crippen LogP contribution in [0.25, 0.3) is 0 Å². The lowest BCUT2D eigenvalue weighted by Crippen LogP contribution is -2.68. The molecule has 1 heterocycles. The van der Waals surface area contributed by atoms with E-state index in [0.29, 0.717) is 12.0 Å². The molecule has 1 aliphatic rings. The van der Waals surface area contributed by atoms with Crippen molar-refractivity contribution in [1.82, 2.24) is 0 Å². The number of rotatable bonds is 8. The van der Waals surface area contributed by atoms with E-state index in [4.69, 9.17) is 9.16 Å². The summed E-state index contributed by atoms with van der Waals surface area (Å²) in [6.45, 7) is 17.5. The predicted octanol–water partition coefficient (Wildman–Crippen LogP) is 7.04. The van der Waals surface area contributed by atoms with Gasteiger partial charge in [0.1, 0.15) is 11.9 Å². The van der Waals surface area contributed by atoms with Crippen LogP contribution in [0.3, 0.4) is 0 Å². The summed E-state index contributed by atoms with van der Waals surface area (Å²) in [5.41, 5.74) is 1.97. The Morgan fingerprint density at radius 3 is 1.96 bits per heavy atom. The molecule has 4 atom stereocenters. The van der Waals surface area contributed by atoms with E-state index in [9.17, 15) is 19.5 Å². The summed E-state index contributed by atoms with van der Waals surface area (Å²) < 4.78 is 13.5. The van der Waals surface area contributed by atoms with Crippen LogP contribution in [0, 0.1) is 17.8 Å². The van der Waals surface area contributed by atoms with E-state index in [1.165, 1.54) is 0 Å². The number of allylic oxidation sites excluding steroid dienone is 2. The Morgan fingerprint density at radius 1 is 0.978 bits per heavy atom. The molecule has 1 unspecified atom stereocenters. The number of hydrogen-bond donors (Lipinski definition) is 1. The summed E-state index contributed by atoms with van der Waals surface area (Å²) in [6.07, 6.45) is 4.36. The van der Waals surface area contributed by atoms with Gasteiger partial charge >= 0.3 is 11.9 Å². The topological polar surface area (TPSA) is 89.9 Å². The van der Waals surface area contributed by atoms with Crippen molar-refractivity contribution in [3.63, 3.8) is 0 Å². The Hall–Kier alpha value is -3.55. The number of ether oxygens (including phenoxy) is 1. The molecule has 1 N–H and O–H groups in total. The van der Waals surface area contributed by atoms with Crippen LogP contribution >= 0.6 is 0 Å². The quantitative estimate of drug-likeness (QED) is 0.191. The number of esters is 1. The minimum Gasteiger partial charge on any atom is -0.481 e. The van der Waals surface area contributed by atoms with Crippen molar-refractivity contribution >= 4 is 36.4 Å². The molecular weight excluding hydrogens is 580 g/mol. The van der Waals surface area contributed by atoms with Gasteiger partial charge in [0, 0.05) is 18.4 Å². The second kappa shape index (κ2) is 15.2. The lowest BCUT2D eigenvalue weighted by molar-refractivity contribution is -0.151. The molecule has 0 saturated heterocycles. The Balaban J connectivity index is 2.42. The van der Waals surface area contributed by atoms with Crippen molar-refractivity contribution < 1.29 is 28.7 Å². The smallest absolute Gasteiger partial charge is 0.334 e. The maximum Gasteiger partial charge on any atom is 0.334 e. The second-order valence-electron chi connectivity index (χ2n) is 13.5. The summed E-state index contributed by atoms with van der Waals surface area (Å²) in [5.74, 6) is -4.17. The summed E-state index contributed by atoms with van der Waals surface area (Å²) in [7, 11) is -3.22. The highest BCUT2D eigenvalue weighted by Crippen LogP contribution is 2.42. The molecule has 0 spiro atoms. The first-order valence-electron chi connectivity index (χ1n) is 15.9. The minimum absolute atomic E-state index is 0.108. The number of cyclic esters (lactones) is 1. The third-order valence-electron chi connectivity index (χ3n) is 9.06. The largest absolute Gasteiger partial charge is 0.481 e. The highest BCUT2D eigenvalue weighted by molar-refractivity contribution is 6.99. The van der Waals surface area contributed by atoms with Crippen LogP contribution in [0.15, 0.2) is 95.6 Å². The van der Waals surface area contributed by atoms with Crippen molar-refractivity contribution in [1.29, 1.82) is 0 Å². The van der Waals surface area contributed by atoms with Crippen LogP contribution in [0.4, 0.5) is 0 Å². The van der Waals surface area contributed by atoms with Crippen LogP contribution in [-0.4, -0.2) is 43.4 Å². The van der Waals surface area contributed by atoms with Crippen LogP contribution < -0.4 is 10.4 Å². The van der Waals surface area contributed by atoms with E-state index >= 15 is 0 Å². The van der Waals surface area contributed by atoms with Gasteiger partial charge in [0.25, 0.3) is 8.32 Å². The molecule has 45 heavy (non-hydrogen) atoms.